The molecule has 12 heavy (non-hydrogen) atoms. The normalized spacial score (nSPS) is 11.6. The molecule has 0 aliphatic rings. The maximum atomic E-state index is 10.7. The summed E-state index contributed by atoms with van der Waals surface area (Å²) in [5, 5.41) is 10.7. The molecule has 0 aliphatic carbocycles. The number of hydrogen-bond donors (Lipinski definition) is 2. The molecular weight excluding hydrogens is 166 g/mol. The van der Waals surface area contributed by atoms with Gasteiger partial charge < -0.3 is 19.9 Å². The summed E-state index contributed by atoms with van der Waals surface area (Å²) in [6.07, 6.45) is -0.792. The lowest BCUT2D eigenvalue weighted by molar-refractivity contribution is -0.143. The topological polar surface area (TPSA) is 84.9 Å². The summed E-state index contributed by atoms with van der Waals surface area (Å²) in [5.41, 5.74) is 0. The molecule has 70 valence electrons. The van der Waals surface area contributed by atoms with Gasteiger partial charge in [-0.2, -0.15) is 0 Å². The summed E-state index contributed by atoms with van der Waals surface area (Å²) in [6.45, 7) is -0.526. The van der Waals surface area contributed by atoms with Crippen molar-refractivity contribution in [1.82, 2.24) is 5.32 Å². The molecule has 0 saturated heterocycles. The Morgan fingerprint density at radius 3 is 2.33 bits per heavy atom. The van der Waals surface area contributed by atoms with Crippen LogP contribution in [0.15, 0.2) is 0 Å². The highest BCUT2D eigenvalue weighted by molar-refractivity contribution is 5.81. The Morgan fingerprint density at radius 2 is 2.00 bits per heavy atom. The van der Waals surface area contributed by atoms with Crippen LogP contribution in [0.5, 0.6) is 0 Å². The first-order chi connectivity index (χ1) is 5.65. The van der Waals surface area contributed by atoms with Gasteiger partial charge in [0.25, 0.3) is 0 Å². The van der Waals surface area contributed by atoms with Crippen LogP contribution in [0.4, 0.5) is 4.79 Å². The summed E-state index contributed by atoms with van der Waals surface area (Å²) >= 11 is 0. The number of aliphatic hydroxyl groups is 1. The van der Waals surface area contributed by atoms with E-state index < -0.39 is 24.7 Å². The maximum Gasteiger partial charge on any atom is 0.407 e. The Bertz CT molecular complexity index is 169. The van der Waals surface area contributed by atoms with Crippen molar-refractivity contribution in [2.24, 2.45) is 0 Å². The smallest absolute Gasteiger partial charge is 0.407 e. The van der Waals surface area contributed by atoms with Crippen molar-refractivity contribution in [3.8, 4) is 0 Å². The zero-order chi connectivity index (χ0) is 9.56. The quantitative estimate of drug-likeness (QED) is 0.533. The van der Waals surface area contributed by atoms with Gasteiger partial charge in [-0.15, -0.1) is 0 Å². The average molecular weight is 177 g/mol. The maximum absolute atomic E-state index is 10.7. The van der Waals surface area contributed by atoms with Gasteiger partial charge in [0.05, 0.1) is 20.8 Å². The molecule has 0 radical (unpaired) electrons. The zero-order valence-corrected chi connectivity index (χ0v) is 6.86. The van der Waals surface area contributed by atoms with E-state index in [1.807, 2.05) is 0 Å². The minimum Gasteiger partial charge on any atom is -0.467 e. The van der Waals surface area contributed by atoms with Gasteiger partial charge in [-0.05, 0) is 0 Å². The number of rotatable bonds is 3. The predicted octanol–water partition coefficient (Wildman–Crippen LogP) is -1.12. The highest BCUT2D eigenvalue weighted by Gasteiger charge is 2.20. The number of ether oxygens (including phenoxy) is 2. The molecule has 0 fully saturated rings. The Balaban J connectivity index is 3.99. The molecule has 1 atom stereocenters. The van der Waals surface area contributed by atoms with Crippen molar-refractivity contribution >= 4 is 12.1 Å². The van der Waals surface area contributed by atoms with E-state index in [0.29, 0.717) is 0 Å². The highest BCUT2D eigenvalue weighted by Crippen LogP contribution is 1.87. The number of hydrogen-bond acceptors (Lipinski definition) is 5. The SMILES string of the molecule is COC(=O)NC(CO)C(=O)OC. The van der Waals surface area contributed by atoms with Crippen LogP contribution in [0, 0.1) is 0 Å². The monoisotopic (exact) mass is 177 g/mol. The first-order valence-electron chi connectivity index (χ1n) is 3.18. The van der Waals surface area contributed by atoms with Crippen LogP contribution in [-0.4, -0.2) is 44.0 Å². The zero-order valence-electron chi connectivity index (χ0n) is 6.86. The fourth-order valence-electron chi connectivity index (χ4n) is 0.523. The Kier molecular flexibility index (Phi) is 4.78. The number of methoxy groups -OCH3 is 2. The predicted molar refractivity (Wildman–Crippen MR) is 38.4 cm³/mol. The van der Waals surface area contributed by atoms with Crippen molar-refractivity contribution in [3.05, 3.63) is 0 Å². The first kappa shape index (κ1) is 10.7. The molecule has 1 unspecified atom stereocenters. The molecule has 0 rings (SSSR count). The summed E-state index contributed by atoms with van der Waals surface area (Å²) < 4.78 is 8.49. The Morgan fingerprint density at radius 1 is 1.42 bits per heavy atom. The van der Waals surface area contributed by atoms with Crippen molar-refractivity contribution in [2.45, 2.75) is 6.04 Å². The molecule has 0 aromatic heterocycles. The number of carbonyl (C=O) groups excluding carboxylic acids is 2. The third-order valence-corrected chi connectivity index (χ3v) is 1.15. The van der Waals surface area contributed by atoms with E-state index in [9.17, 15) is 9.59 Å². The Hall–Kier alpha value is -1.30. The minimum atomic E-state index is -1.07. The lowest BCUT2D eigenvalue weighted by Crippen LogP contribution is -2.43. The van der Waals surface area contributed by atoms with E-state index in [-0.39, 0.29) is 0 Å². The van der Waals surface area contributed by atoms with Crippen LogP contribution in [0.2, 0.25) is 0 Å². The Labute approximate surface area is 69.5 Å². The molecular formula is C6H11NO5. The van der Waals surface area contributed by atoms with Gasteiger partial charge in [0.2, 0.25) is 0 Å². The number of carbonyl (C=O) groups is 2. The summed E-state index contributed by atoms with van der Waals surface area (Å²) in [6, 6.07) is -1.07. The van der Waals surface area contributed by atoms with E-state index >= 15 is 0 Å². The molecule has 0 bridgehead atoms. The minimum absolute atomic E-state index is 0.526. The van der Waals surface area contributed by atoms with E-state index in [4.69, 9.17) is 5.11 Å². The first-order valence-corrected chi connectivity index (χ1v) is 3.18. The van der Waals surface area contributed by atoms with Gasteiger partial charge in [-0.3, -0.25) is 0 Å². The third kappa shape index (κ3) is 3.20. The molecule has 0 saturated carbocycles. The fourth-order valence-corrected chi connectivity index (χ4v) is 0.523. The largest absolute Gasteiger partial charge is 0.467 e. The van der Waals surface area contributed by atoms with E-state index in [2.05, 4.69) is 14.8 Å². The van der Waals surface area contributed by atoms with Gasteiger partial charge in [-0.1, -0.05) is 0 Å². The second-order valence-electron chi connectivity index (χ2n) is 1.89. The molecule has 0 aromatic carbocycles. The highest BCUT2D eigenvalue weighted by atomic mass is 16.5. The second kappa shape index (κ2) is 5.36. The molecule has 6 heteroatoms. The molecule has 0 aromatic rings. The molecule has 0 heterocycles. The van der Waals surface area contributed by atoms with Crippen molar-refractivity contribution in [2.75, 3.05) is 20.8 Å². The van der Waals surface area contributed by atoms with Crippen molar-refractivity contribution in [1.29, 1.82) is 0 Å². The molecule has 6 nitrogen and oxygen atoms in total. The number of aliphatic hydroxyl groups excluding tert-OH is 1. The van der Waals surface area contributed by atoms with Gasteiger partial charge in [0.1, 0.15) is 0 Å². The third-order valence-electron chi connectivity index (χ3n) is 1.15. The van der Waals surface area contributed by atoms with Crippen LogP contribution in [0.25, 0.3) is 0 Å². The van der Waals surface area contributed by atoms with Crippen LogP contribution in [-0.2, 0) is 14.3 Å². The molecule has 0 spiro atoms. The summed E-state index contributed by atoms with van der Waals surface area (Å²) in [7, 11) is 2.31. The lowest BCUT2D eigenvalue weighted by atomic mass is 10.3. The van der Waals surface area contributed by atoms with Gasteiger partial charge >= 0.3 is 12.1 Å². The molecule has 0 aliphatic heterocycles. The number of alkyl carbamates (subject to hydrolysis) is 1. The second-order valence-corrected chi connectivity index (χ2v) is 1.89. The van der Waals surface area contributed by atoms with Crippen LogP contribution in [0.3, 0.4) is 0 Å². The fraction of sp³-hybridized carbons (Fsp3) is 0.667. The lowest BCUT2D eigenvalue weighted by Gasteiger charge is -2.11. The molecule has 1 amide bonds. The van der Waals surface area contributed by atoms with Gasteiger partial charge in [0.15, 0.2) is 6.04 Å². The van der Waals surface area contributed by atoms with Gasteiger partial charge in [0, 0.05) is 0 Å². The number of amides is 1. The number of esters is 1. The van der Waals surface area contributed by atoms with Crippen LogP contribution in [0.1, 0.15) is 0 Å². The average Bonchev–Trinajstić information content (AvgIpc) is 2.12. The van der Waals surface area contributed by atoms with Crippen molar-refractivity contribution < 1.29 is 24.2 Å². The van der Waals surface area contributed by atoms with Crippen LogP contribution >= 0.6 is 0 Å². The van der Waals surface area contributed by atoms with E-state index in [0.717, 1.165) is 14.2 Å². The summed E-state index contributed by atoms with van der Waals surface area (Å²) in [4.78, 5) is 21.3. The van der Waals surface area contributed by atoms with Crippen LogP contribution < -0.4 is 5.32 Å². The van der Waals surface area contributed by atoms with Crippen molar-refractivity contribution in [3.63, 3.8) is 0 Å². The van der Waals surface area contributed by atoms with Gasteiger partial charge in [-0.25, -0.2) is 9.59 Å². The van der Waals surface area contributed by atoms with E-state index in [1.54, 1.807) is 0 Å². The summed E-state index contributed by atoms with van der Waals surface area (Å²) in [5.74, 6) is -0.720. The standard InChI is InChI=1S/C6H11NO5/c1-11-5(9)4(3-8)7-6(10)12-2/h4,8H,3H2,1-2H3,(H,7,10). The molecule has 2 N–H and O–H groups in total. The number of nitrogens with one attached hydrogen (secondary N) is 1. The van der Waals surface area contributed by atoms with E-state index in [1.165, 1.54) is 0 Å².